The van der Waals surface area contributed by atoms with Crippen LogP contribution in [0.3, 0.4) is 0 Å². The summed E-state index contributed by atoms with van der Waals surface area (Å²) in [6.45, 7) is 4.80. The Morgan fingerprint density at radius 1 is 1.29 bits per heavy atom. The molecule has 1 amide bonds. The molecule has 0 bridgehead atoms. The fourth-order valence-electron chi connectivity index (χ4n) is 2.16. The van der Waals surface area contributed by atoms with E-state index in [9.17, 15) is 4.79 Å². The molecule has 3 nitrogen and oxygen atoms in total. The first-order valence-corrected chi connectivity index (χ1v) is 8.01. The quantitative estimate of drug-likeness (QED) is 0.858. The second-order valence-corrected chi connectivity index (χ2v) is 6.63. The number of nitrogens with one attached hydrogen (secondary N) is 1. The molecule has 2 aromatic rings. The van der Waals surface area contributed by atoms with Crippen molar-refractivity contribution >= 4 is 17.2 Å². The first-order chi connectivity index (χ1) is 10.1. The van der Waals surface area contributed by atoms with Crippen molar-refractivity contribution in [2.45, 2.75) is 39.3 Å². The number of hydrogen-bond donors (Lipinski definition) is 2. The molecule has 0 spiro atoms. The van der Waals surface area contributed by atoms with Crippen LogP contribution in [0, 0.1) is 13.8 Å². The normalized spacial score (nSPS) is 12.1. The minimum absolute atomic E-state index is 0.0603. The molecule has 1 unspecified atom stereocenters. The third-order valence-electron chi connectivity index (χ3n) is 3.59. The summed E-state index contributed by atoms with van der Waals surface area (Å²) in [6, 6.07) is 12.0. The Morgan fingerprint density at radius 2 is 2.00 bits per heavy atom. The maximum atomic E-state index is 11.9. The van der Waals surface area contributed by atoms with Crippen molar-refractivity contribution in [1.82, 2.24) is 5.32 Å². The number of nitrogens with two attached hydrogens (primary N) is 1. The molecule has 0 saturated heterocycles. The van der Waals surface area contributed by atoms with Gasteiger partial charge in [0.25, 0.3) is 0 Å². The van der Waals surface area contributed by atoms with Gasteiger partial charge in [-0.15, -0.1) is 11.3 Å². The van der Waals surface area contributed by atoms with Gasteiger partial charge in [-0.1, -0.05) is 30.3 Å². The third kappa shape index (κ3) is 4.69. The van der Waals surface area contributed by atoms with E-state index in [-0.39, 0.29) is 11.9 Å². The Bertz CT molecular complexity index is 573. The second-order valence-electron chi connectivity index (χ2n) is 5.28. The van der Waals surface area contributed by atoms with Crippen molar-refractivity contribution in [3.05, 3.63) is 57.3 Å². The third-order valence-corrected chi connectivity index (χ3v) is 4.74. The summed E-state index contributed by atoms with van der Waals surface area (Å²) in [5.74, 6) is 0.0603. The van der Waals surface area contributed by atoms with Gasteiger partial charge in [0.05, 0.1) is 6.54 Å². The fraction of sp³-hybridized carbons (Fsp3) is 0.353. The zero-order valence-electron chi connectivity index (χ0n) is 12.6. The van der Waals surface area contributed by atoms with Crippen molar-refractivity contribution in [3.8, 4) is 0 Å². The van der Waals surface area contributed by atoms with Crippen molar-refractivity contribution in [1.29, 1.82) is 0 Å². The minimum atomic E-state index is -0.0804. The summed E-state index contributed by atoms with van der Waals surface area (Å²) in [5, 5.41) is 2.96. The van der Waals surface area contributed by atoms with Gasteiger partial charge in [-0.05, 0) is 37.5 Å². The molecule has 21 heavy (non-hydrogen) atoms. The Morgan fingerprint density at radius 3 is 2.62 bits per heavy atom. The van der Waals surface area contributed by atoms with Crippen molar-refractivity contribution < 1.29 is 4.79 Å². The molecule has 0 aliphatic heterocycles. The lowest BCUT2D eigenvalue weighted by atomic mass is 10.0. The SMILES string of the molecule is Cc1cc(CNC(=O)CCC(N)c2ccccc2)sc1C. The summed E-state index contributed by atoms with van der Waals surface area (Å²) < 4.78 is 0. The topological polar surface area (TPSA) is 55.1 Å². The zero-order valence-corrected chi connectivity index (χ0v) is 13.4. The van der Waals surface area contributed by atoms with Crippen molar-refractivity contribution in [2.75, 3.05) is 0 Å². The van der Waals surface area contributed by atoms with E-state index in [0.29, 0.717) is 19.4 Å². The van der Waals surface area contributed by atoms with E-state index in [0.717, 1.165) is 5.56 Å². The lowest BCUT2D eigenvalue weighted by Gasteiger charge is -2.11. The highest BCUT2D eigenvalue weighted by molar-refractivity contribution is 7.12. The number of rotatable bonds is 6. The van der Waals surface area contributed by atoms with Crippen LogP contribution in [-0.2, 0) is 11.3 Å². The molecule has 3 N–H and O–H groups in total. The van der Waals surface area contributed by atoms with Crippen LogP contribution < -0.4 is 11.1 Å². The Balaban J connectivity index is 1.75. The smallest absolute Gasteiger partial charge is 0.220 e. The summed E-state index contributed by atoms with van der Waals surface area (Å²) >= 11 is 1.74. The Labute approximate surface area is 130 Å². The molecule has 1 aromatic carbocycles. The van der Waals surface area contributed by atoms with Crippen LogP contribution in [0.15, 0.2) is 36.4 Å². The van der Waals surface area contributed by atoms with Gasteiger partial charge in [-0.2, -0.15) is 0 Å². The molecule has 0 aliphatic carbocycles. The number of amides is 1. The number of benzene rings is 1. The van der Waals surface area contributed by atoms with E-state index in [1.54, 1.807) is 11.3 Å². The van der Waals surface area contributed by atoms with Gasteiger partial charge in [0.1, 0.15) is 0 Å². The molecule has 1 aromatic heterocycles. The molecule has 112 valence electrons. The van der Waals surface area contributed by atoms with Gasteiger partial charge in [0.2, 0.25) is 5.91 Å². The lowest BCUT2D eigenvalue weighted by molar-refractivity contribution is -0.121. The van der Waals surface area contributed by atoms with E-state index < -0.39 is 0 Å². The average Bonchev–Trinajstić information content (AvgIpc) is 2.82. The predicted molar refractivity (Wildman–Crippen MR) is 88.2 cm³/mol. The van der Waals surface area contributed by atoms with E-state index in [1.807, 2.05) is 30.3 Å². The van der Waals surface area contributed by atoms with Gasteiger partial charge < -0.3 is 11.1 Å². The second kappa shape index (κ2) is 7.38. The fourth-order valence-corrected chi connectivity index (χ4v) is 3.16. The molecule has 2 rings (SSSR count). The maximum Gasteiger partial charge on any atom is 0.220 e. The molecule has 0 aliphatic rings. The van der Waals surface area contributed by atoms with E-state index in [1.165, 1.54) is 15.3 Å². The van der Waals surface area contributed by atoms with Crippen LogP contribution in [-0.4, -0.2) is 5.91 Å². The molecule has 0 radical (unpaired) electrons. The van der Waals surface area contributed by atoms with Crippen LogP contribution in [0.5, 0.6) is 0 Å². The van der Waals surface area contributed by atoms with Crippen molar-refractivity contribution in [2.24, 2.45) is 5.73 Å². The van der Waals surface area contributed by atoms with Gasteiger partial charge in [-0.3, -0.25) is 4.79 Å². The zero-order chi connectivity index (χ0) is 15.2. The number of aryl methyl sites for hydroxylation is 2. The van der Waals surface area contributed by atoms with Crippen LogP contribution in [0.4, 0.5) is 0 Å². The van der Waals surface area contributed by atoms with Gasteiger partial charge in [0, 0.05) is 22.2 Å². The number of thiophene rings is 1. The monoisotopic (exact) mass is 302 g/mol. The molecule has 4 heteroatoms. The Hall–Kier alpha value is -1.65. The molecule has 0 saturated carbocycles. The first kappa shape index (κ1) is 15.7. The number of carbonyl (C=O) groups is 1. The van der Waals surface area contributed by atoms with Crippen molar-refractivity contribution in [3.63, 3.8) is 0 Å². The molecule has 0 fully saturated rings. The Kier molecular flexibility index (Phi) is 5.53. The largest absolute Gasteiger partial charge is 0.351 e. The molecular weight excluding hydrogens is 280 g/mol. The van der Waals surface area contributed by atoms with Crippen LogP contribution in [0.1, 0.15) is 39.8 Å². The van der Waals surface area contributed by atoms with Gasteiger partial charge >= 0.3 is 0 Å². The number of carbonyl (C=O) groups excluding carboxylic acids is 1. The lowest BCUT2D eigenvalue weighted by Crippen LogP contribution is -2.23. The first-order valence-electron chi connectivity index (χ1n) is 7.19. The molecule has 1 atom stereocenters. The van der Waals surface area contributed by atoms with Crippen LogP contribution >= 0.6 is 11.3 Å². The van der Waals surface area contributed by atoms with Crippen LogP contribution in [0.2, 0.25) is 0 Å². The van der Waals surface area contributed by atoms with Gasteiger partial charge in [0.15, 0.2) is 0 Å². The van der Waals surface area contributed by atoms with E-state index in [2.05, 4.69) is 25.2 Å². The summed E-state index contributed by atoms with van der Waals surface area (Å²) in [4.78, 5) is 14.4. The maximum absolute atomic E-state index is 11.9. The standard InChI is InChI=1S/C17H22N2OS/c1-12-10-15(21-13(12)2)11-19-17(20)9-8-16(18)14-6-4-3-5-7-14/h3-7,10,16H,8-9,11,18H2,1-2H3,(H,19,20). The van der Waals surface area contributed by atoms with Crippen LogP contribution in [0.25, 0.3) is 0 Å². The summed E-state index contributed by atoms with van der Waals surface area (Å²) in [7, 11) is 0. The molecular formula is C17H22N2OS. The molecule has 1 heterocycles. The van der Waals surface area contributed by atoms with E-state index >= 15 is 0 Å². The predicted octanol–water partition coefficient (Wildman–Crippen LogP) is 3.46. The summed E-state index contributed by atoms with van der Waals surface area (Å²) in [6.07, 6.45) is 1.12. The summed E-state index contributed by atoms with van der Waals surface area (Å²) in [5.41, 5.74) is 8.46. The van der Waals surface area contributed by atoms with E-state index in [4.69, 9.17) is 5.73 Å². The highest BCUT2D eigenvalue weighted by Crippen LogP contribution is 2.20. The minimum Gasteiger partial charge on any atom is -0.351 e. The number of hydrogen-bond acceptors (Lipinski definition) is 3. The average molecular weight is 302 g/mol. The highest BCUT2D eigenvalue weighted by Gasteiger charge is 2.09. The highest BCUT2D eigenvalue weighted by atomic mass is 32.1. The van der Waals surface area contributed by atoms with Gasteiger partial charge in [-0.25, -0.2) is 0 Å².